The molecular weight excluding hydrogens is 504 g/mol. The summed E-state index contributed by atoms with van der Waals surface area (Å²) in [6, 6.07) is 1.73. The number of carbonyl (C=O) groups excluding carboxylic acids is 2. The average molecular weight is 539 g/mol. The van der Waals surface area contributed by atoms with Crippen molar-refractivity contribution in [1.29, 1.82) is 0 Å². The summed E-state index contributed by atoms with van der Waals surface area (Å²) >= 11 is 0. The lowest BCUT2D eigenvalue weighted by Gasteiger charge is -2.44. The minimum Gasteiger partial charge on any atom is -0.504 e. The van der Waals surface area contributed by atoms with Gasteiger partial charge in [0, 0.05) is 11.8 Å². The number of aliphatic hydroxyl groups excluding tert-OH is 3. The van der Waals surface area contributed by atoms with Crippen molar-refractivity contribution in [3.8, 4) is 17.2 Å². The van der Waals surface area contributed by atoms with E-state index in [1.54, 1.807) is 27.7 Å². The van der Waals surface area contributed by atoms with E-state index in [1.807, 2.05) is 0 Å². The Bertz CT molecular complexity index is 1100. The van der Waals surface area contributed by atoms with Gasteiger partial charge in [-0.15, -0.1) is 0 Å². The van der Waals surface area contributed by atoms with Crippen LogP contribution in [0.2, 0.25) is 0 Å². The quantitative estimate of drug-likeness (QED) is 0.143. The first kappa shape index (κ1) is 29.6. The monoisotopic (exact) mass is 538 g/mol. The maximum atomic E-state index is 12.3. The van der Waals surface area contributed by atoms with Gasteiger partial charge in [-0.1, -0.05) is 19.9 Å². The molecule has 1 aromatic carbocycles. The average Bonchev–Trinajstić information content (AvgIpc) is 2.83. The Balaban J connectivity index is 1.67. The molecule has 0 saturated carbocycles. The highest BCUT2D eigenvalue weighted by Gasteiger charge is 2.47. The molecule has 1 fully saturated rings. The second-order valence-corrected chi connectivity index (χ2v) is 10.3. The highest BCUT2D eigenvalue weighted by atomic mass is 16.7. The van der Waals surface area contributed by atoms with Crippen LogP contribution in [-0.4, -0.2) is 96.5 Å². The summed E-state index contributed by atoms with van der Waals surface area (Å²) in [5.41, 5.74) is -2.06. The van der Waals surface area contributed by atoms with Crippen LogP contribution in [0.15, 0.2) is 35.9 Å². The standard InChI is InChI=1S/C26H34O12/c1-12-7-15(27)10-25(3,4)26(12,35)6-5-13(2)37-24-22(33)21(32)20(31)18(38-24)11-36-23(34)14-8-16(28)19(30)17(29)9-14/h5-9,13,18,20-22,24,28-33,35H,10-11H2,1-4H3/b6-5+/t13-,18-,20-,21+,22-,24-,26-/m1/s1. The van der Waals surface area contributed by atoms with Crippen molar-refractivity contribution in [1.82, 2.24) is 0 Å². The molecule has 0 aromatic heterocycles. The Hall–Kier alpha value is -3.00. The van der Waals surface area contributed by atoms with Crippen LogP contribution in [0.25, 0.3) is 0 Å². The molecule has 210 valence electrons. The number of esters is 1. The Morgan fingerprint density at radius 1 is 1.13 bits per heavy atom. The molecule has 12 heteroatoms. The lowest BCUT2D eigenvalue weighted by Crippen LogP contribution is -2.59. The molecule has 1 saturated heterocycles. The molecule has 0 radical (unpaired) electrons. The van der Waals surface area contributed by atoms with Crippen LogP contribution in [0, 0.1) is 5.41 Å². The van der Waals surface area contributed by atoms with Gasteiger partial charge in [-0.25, -0.2) is 4.79 Å². The Morgan fingerprint density at radius 2 is 1.74 bits per heavy atom. The first-order valence-electron chi connectivity index (χ1n) is 12.0. The zero-order valence-corrected chi connectivity index (χ0v) is 21.4. The summed E-state index contributed by atoms with van der Waals surface area (Å²) in [5.74, 6) is -3.44. The van der Waals surface area contributed by atoms with E-state index in [4.69, 9.17) is 14.2 Å². The van der Waals surface area contributed by atoms with Crippen molar-refractivity contribution >= 4 is 11.8 Å². The molecule has 1 aromatic rings. The summed E-state index contributed by atoms with van der Waals surface area (Å²) in [6.07, 6.45) is -4.04. The topological polar surface area (TPSA) is 203 Å². The predicted molar refractivity (Wildman–Crippen MR) is 130 cm³/mol. The Morgan fingerprint density at radius 3 is 2.32 bits per heavy atom. The van der Waals surface area contributed by atoms with Crippen LogP contribution in [0.4, 0.5) is 0 Å². The first-order chi connectivity index (χ1) is 17.6. The molecule has 12 nitrogen and oxygen atoms in total. The number of ketones is 1. The van der Waals surface area contributed by atoms with Crippen LogP contribution in [0.1, 0.15) is 44.5 Å². The molecule has 38 heavy (non-hydrogen) atoms. The molecule has 7 N–H and O–H groups in total. The zero-order chi connectivity index (χ0) is 28.6. The van der Waals surface area contributed by atoms with E-state index >= 15 is 0 Å². The predicted octanol–water partition coefficient (Wildman–Crippen LogP) is 0.405. The van der Waals surface area contributed by atoms with E-state index < -0.39 is 77.7 Å². The highest BCUT2D eigenvalue weighted by molar-refractivity contribution is 5.93. The van der Waals surface area contributed by atoms with E-state index in [2.05, 4.69) is 0 Å². The molecule has 1 aliphatic heterocycles. The van der Waals surface area contributed by atoms with Gasteiger partial charge in [0.05, 0.1) is 11.7 Å². The Labute approximate surface area is 219 Å². The van der Waals surface area contributed by atoms with Gasteiger partial charge in [0.1, 0.15) is 36.6 Å². The fourth-order valence-electron chi connectivity index (χ4n) is 4.53. The zero-order valence-electron chi connectivity index (χ0n) is 21.4. The van der Waals surface area contributed by atoms with E-state index in [1.165, 1.54) is 18.2 Å². The van der Waals surface area contributed by atoms with Gasteiger partial charge in [-0.2, -0.15) is 0 Å². The van der Waals surface area contributed by atoms with E-state index in [0.29, 0.717) is 5.57 Å². The van der Waals surface area contributed by atoms with Crippen LogP contribution in [-0.2, 0) is 19.0 Å². The maximum Gasteiger partial charge on any atom is 0.338 e. The molecule has 0 bridgehead atoms. The van der Waals surface area contributed by atoms with Crippen LogP contribution in [0.3, 0.4) is 0 Å². The minimum absolute atomic E-state index is 0.0908. The third-order valence-corrected chi connectivity index (χ3v) is 6.94. The van der Waals surface area contributed by atoms with Gasteiger partial charge in [0.25, 0.3) is 0 Å². The fraction of sp³-hybridized carbons (Fsp3) is 0.538. The van der Waals surface area contributed by atoms with Gasteiger partial charge < -0.3 is 50.0 Å². The second kappa shape index (κ2) is 11.0. The molecule has 0 spiro atoms. The van der Waals surface area contributed by atoms with Crippen molar-refractivity contribution < 1.29 is 59.5 Å². The van der Waals surface area contributed by atoms with Crippen molar-refractivity contribution in [2.24, 2.45) is 5.41 Å². The smallest absolute Gasteiger partial charge is 0.338 e. The number of aromatic hydroxyl groups is 3. The SMILES string of the molecule is CC1=CC(=O)CC(C)(C)[C@@]1(O)/C=C/[C@@H](C)O[C@@H]1O[C@H](COC(=O)c2cc(O)c(O)c(O)c2)[C@@H](O)[C@H](O)[C@H]1O. The van der Waals surface area contributed by atoms with E-state index in [9.17, 15) is 45.3 Å². The third kappa shape index (κ3) is 5.85. The number of hydrogen-bond donors (Lipinski definition) is 7. The summed E-state index contributed by atoms with van der Waals surface area (Å²) < 4.78 is 16.3. The van der Waals surface area contributed by atoms with Crippen molar-refractivity contribution in [3.05, 3.63) is 41.5 Å². The summed E-state index contributed by atoms with van der Waals surface area (Å²) in [7, 11) is 0. The normalized spacial score (nSPS) is 32.2. The molecule has 0 unspecified atom stereocenters. The maximum absolute atomic E-state index is 12.3. The number of allylic oxidation sites excluding steroid dienone is 1. The third-order valence-electron chi connectivity index (χ3n) is 6.94. The lowest BCUT2D eigenvalue weighted by atomic mass is 9.64. The van der Waals surface area contributed by atoms with Crippen LogP contribution >= 0.6 is 0 Å². The van der Waals surface area contributed by atoms with Gasteiger partial charge in [0.2, 0.25) is 0 Å². The molecular formula is C26H34O12. The molecule has 7 atom stereocenters. The largest absolute Gasteiger partial charge is 0.504 e. The number of benzene rings is 1. The van der Waals surface area contributed by atoms with E-state index in [-0.39, 0.29) is 17.8 Å². The van der Waals surface area contributed by atoms with Crippen molar-refractivity contribution in [2.45, 2.75) is 76.5 Å². The fourth-order valence-corrected chi connectivity index (χ4v) is 4.53. The number of hydrogen-bond acceptors (Lipinski definition) is 12. The lowest BCUT2D eigenvalue weighted by molar-refractivity contribution is -0.306. The Kier molecular flexibility index (Phi) is 8.56. The molecule has 2 aliphatic rings. The number of ether oxygens (including phenoxy) is 3. The molecule has 3 rings (SSSR count). The number of phenolic OH excluding ortho intramolecular Hbond substituents is 3. The second-order valence-electron chi connectivity index (χ2n) is 10.3. The minimum atomic E-state index is -1.71. The number of carbonyl (C=O) groups is 2. The van der Waals surface area contributed by atoms with E-state index in [0.717, 1.165) is 12.1 Å². The van der Waals surface area contributed by atoms with Gasteiger partial charge in [-0.05, 0) is 43.7 Å². The van der Waals surface area contributed by atoms with Gasteiger partial charge in [-0.3, -0.25) is 4.79 Å². The summed E-state index contributed by atoms with van der Waals surface area (Å²) in [4.78, 5) is 24.2. The number of rotatable bonds is 7. The molecule has 0 amide bonds. The van der Waals surface area contributed by atoms with Gasteiger partial charge in [0.15, 0.2) is 29.3 Å². The molecule has 1 heterocycles. The van der Waals surface area contributed by atoms with Crippen LogP contribution < -0.4 is 0 Å². The van der Waals surface area contributed by atoms with Crippen LogP contribution in [0.5, 0.6) is 17.2 Å². The highest BCUT2D eigenvalue weighted by Crippen LogP contribution is 2.44. The molecule has 1 aliphatic carbocycles. The summed E-state index contributed by atoms with van der Waals surface area (Å²) in [5, 5.41) is 70.8. The van der Waals surface area contributed by atoms with Gasteiger partial charge >= 0.3 is 5.97 Å². The number of aliphatic hydroxyl groups is 4. The number of phenols is 3. The summed E-state index contributed by atoms with van der Waals surface area (Å²) in [6.45, 7) is 6.16. The first-order valence-corrected chi connectivity index (χ1v) is 12.0. The van der Waals surface area contributed by atoms with Crippen molar-refractivity contribution in [3.63, 3.8) is 0 Å². The van der Waals surface area contributed by atoms with Crippen molar-refractivity contribution in [2.75, 3.05) is 6.61 Å².